The first-order valence-corrected chi connectivity index (χ1v) is 6.34. The van der Waals surface area contributed by atoms with Crippen LogP contribution >= 0.6 is 11.8 Å². The lowest BCUT2D eigenvalue weighted by molar-refractivity contribution is -0.153. The molecule has 0 heterocycles. The summed E-state index contributed by atoms with van der Waals surface area (Å²) >= 11 is 1.37. The summed E-state index contributed by atoms with van der Waals surface area (Å²) in [6.07, 6.45) is 0. The smallest absolute Gasteiger partial charge is 0.319 e. The molecule has 0 saturated carbocycles. The molecule has 1 N–H and O–H groups in total. The highest BCUT2D eigenvalue weighted by molar-refractivity contribution is 8.00. The number of thioether (sulfide) groups is 1. The monoisotopic (exact) mass is 254 g/mol. The van der Waals surface area contributed by atoms with E-state index < -0.39 is 5.60 Å². The van der Waals surface area contributed by atoms with Crippen molar-refractivity contribution < 1.29 is 14.6 Å². The molecule has 0 bridgehead atoms. The Morgan fingerprint density at radius 1 is 1.41 bits per heavy atom. The zero-order chi connectivity index (χ0) is 13.1. The lowest BCUT2D eigenvalue weighted by Crippen LogP contribution is -2.28. The van der Waals surface area contributed by atoms with Gasteiger partial charge in [0.25, 0.3) is 0 Å². The maximum atomic E-state index is 11.7. The number of esters is 1. The van der Waals surface area contributed by atoms with Crippen molar-refractivity contribution in [2.24, 2.45) is 0 Å². The predicted octanol–water partition coefficient (Wildman–Crippen LogP) is 3.21. The lowest BCUT2D eigenvalue weighted by Gasteiger charge is -2.22. The molecule has 1 aromatic rings. The SMILES string of the molecule is CC(Sc1cccc(O)c1)C(=O)OC(C)(C)C. The Morgan fingerprint density at radius 2 is 2.06 bits per heavy atom. The Kier molecular flexibility index (Phi) is 4.46. The summed E-state index contributed by atoms with van der Waals surface area (Å²) in [5, 5.41) is 9.03. The van der Waals surface area contributed by atoms with Crippen molar-refractivity contribution in [2.75, 3.05) is 0 Å². The predicted molar refractivity (Wildman–Crippen MR) is 69.3 cm³/mol. The molecule has 0 aliphatic heterocycles. The van der Waals surface area contributed by atoms with E-state index in [0.717, 1.165) is 4.90 Å². The standard InChI is InChI=1S/C13H18O3S/c1-9(12(15)16-13(2,3)4)17-11-7-5-6-10(14)8-11/h5-9,14H,1-4H3. The Balaban J connectivity index is 2.60. The normalized spacial score (nSPS) is 13.2. The van der Waals surface area contributed by atoms with Crippen LogP contribution in [0.15, 0.2) is 29.2 Å². The lowest BCUT2D eigenvalue weighted by atomic mass is 10.2. The molecule has 0 amide bonds. The summed E-state index contributed by atoms with van der Waals surface area (Å²) < 4.78 is 5.28. The van der Waals surface area contributed by atoms with Crippen molar-refractivity contribution in [1.82, 2.24) is 0 Å². The van der Waals surface area contributed by atoms with E-state index in [-0.39, 0.29) is 17.0 Å². The summed E-state index contributed by atoms with van der Waals surface area (Å²) in [4.78, 5) is 12.6. The van der Waals surface area contributed by atoms with Gasteiger partial charge < -0.3 is 9.84 Å². The highest BCUT2D eigenvalue weighted by Crippen LogP contribution is 2.27. The van der Waals surface area contributed by atoms with Gasteiger partial charge in [0.1, 0.15) is 16.6 Å². The minimum Gasteiger partial charge on any atom is -0.508 e. The molecule has 0 aromatic heterocycles. The fraction of sp³-hybridized carbons (Fsp3) is 0.462. The Labute approximate surface area is 106 Å². The fourth-order valence-corrected chi connectivity index (χ4v) is 2.09. The van der Waals surface area contributed by atoms with E-state index in [9.17, 15) is 9.90 Å². The van der Waals surface area contributed by atoms with E-state index in [1.807, 2.05) is 26.8 Å². The molecule has 1 aromatic carbocycles. The van der Waals surface area contributed by atoms with Crippen molar-refractivity contribution in [3.63, 3.8) is 0 Å². The molecule has 94 valence electrons. The maximum Gasteiger partial charge on any atom is 0.319 e. The van der Waals surface area contributed by atoms with Crippen LogP contribution in [-0.2, 0) is 9.53 Å². The van der Waals surface area contributed by atoms with Crippen LogP contribution in [-0.4, -0.2) is 21.9 Å². The molecular weight excluding hydrogens is 236 g/mol. The number of rotatable bonds is 3. The largest absolute Gasteiger partial charge is 0.508 e. The summed E-state index contributed by atoms with van der Waals surface area (Å²) in [5.41, 5.74) is -0.468. The molecule has 1 unspecified atom stereocenters. The zero-order valence-corrected chi connectivity index (χ0v) is 11.4. The molecule has 3 nitrogen and oxygen atoms in total. The van der Waals surface area contributed by atoms with Crippen LogP contribution in [0.1, 0.15) is 27.7 Å². The van der Waals surface area contributed by atoms with E-state index >= 15 is 0 Å². The molecule has 0 fully saturated rings. The van der Waals surface area contributed by atoms with Gasteiger partial charge in [0.05, 0.1) is 0 Å². The third-order valence-corrected chi connectivity index (χ3v) is 2.94. The van der Waals surface area contributed by atoms with Gasteiger partial charge in [-0.1, -0.05) is 6.07 Å². The first-order valence-electron chi connectivity index (χ1n) is 5.46. The summed E-state index contributed by atoms with van der Waals surface area (Å²) in [6, 6.07) is 6.83. The molecular formula is C13H18O3S. The van der Waals surface area contributed by atoms with Crippen molar-refractivity contribution in [2.45, 2.75) is 43.4 Å². The number of ether oxygens (including phenoxy) is 1. The number of carbonyl (C=O) groups excluding carboxylic acids is 1. The Morgan fingerprint density at radius 3 is 2.59 bits per heavy atom. The molecule has 0 aliphatic carbocycles. The molecule has 0 aliphatic rings. The van der Waals surface area contributed by atoms with Gasteiger partial charge in [-0.2, -0.15) is 0 Å². The Bertz CT molecular complexity index is 396. The van der Waals surface area contributed by atoms with E-state index in [4.69, 9.17) is 4.74 Å². The summed E-state index contributed by atoms with van der Waals surface area (Å²) in [5.74, 6) is -0.0442. The van der Waals surface area contributed by atoms with E-state index in [1.165, 1.54) is 11.8 Å². The minimum absolute atomic E-state index is 0.200. The fourth-order valence-electron chi connectivity index (χ4n) is 1.19. The quantitative estimate of drug-likeness (QED) is 0.664. The average molecular weight is 254 g/mol. The highest BCUT2D eigenvalue weighted by Gasteiger charge is 2.22. The molecule has 1 atom stereocenters. The van der Waals surface area contributed by atoms with Crippen molar-refractivity contribution in [3.05, 3.63) is 24.3 Å². The molecule has 0 spiro atoms. The van der Waals surface area contributed by atoms with Crippen molar-refractivity contribution in [3.8, 4) is 5.75 Å². The number of hydrogen-bond acceptors (Lipinski definition) is 4. The topological polar surface area (TPSA) is 46.5 Å². The minimum atomic E-state index is -0.468. The van der Waals surface area contributed by atoms with Crippen LogP contribution in [0.5, 0.6) is 5.75 Å². The molecule has 4 heteroatoms. The number of hydrogen-bond donors (Lipinski definition) is 1. The third-order valence-electron chi connectivity index (χ3n) is 1.87. The molecule has 1 rings (SSSR count). The van der Waals surface area contributed by atoms with Crippen molar-refractivity contribution in [1.29, 1.82) is 0 Å². The molecule has 17 heavy (non-hydrogen) atoms. The first-order chi connectivity index (χ1) is 7.78. The Hall–Kier alpha value is -1.16. The van der Waals surface area contributed by atoms with Crippen molar-refractivity contribution >= 4 is 17.7 Å². The van der Waals surface area contributed by atoms with Gasteiger partial charge in [0, 0.05) is 4.90 Å². The number of phenolic OH excluding ortho intramolecular Hbond substituents is 1. The maximum absolute atomic E-state index is 11.7. The average Bonchev–Trinajstić information content (AvgIpc) is 2.14. The summed E-state index contributed by atoms with van der Waals surface area (Å²) in [7, 11) is 0. The van der Waals surface area contributed by atoms with E-state index in [2.05, 4.69) is 0 Å². The van der Waals surface area contributed by atoms with Crippen LogP contribution in [0.3, 0.4) is 0 Å². The highest BCUT2D eigenvalue weighted by atomic mass is 32.2. The second-order valence-electron chi connectivity index (χ2n) is 4.79. The first kappa shape index (κ1) is 13.9. The van der Waals surface area contributed by atoms with Crippen LogP contribution in [0.2, 0.25) is 0 Å². The van der Waals surface area contributed by atoms with Crippen LogP contribution in [0.25, 0.3) is 0 Å². The van der Waals surface area contributed by atoms with Crippen LogP contribution in [0, 0.1) is 0 Å². The van der Waals surface area contributed by atoms with Gasteiger partial charge in [-0.3, -0.25) is 4.79 Å². The number of phenols is 1. The number of carbonyl (C=O) groups is 1. The third kappa shape index (κ3) is 5.13. The van der Waals surface area contributed by atoms with Gasteiger partial charge in [0.2, 0.25) is 0 Å². The van der Waals surface area contributed by atoms with Gasteiger partial charge >= 0.3 is 5.97 Å². The van der Waals surface area contributed by atoms with Gasteiger partial charge in [-0.05, 0) is 45.9 Å². The molecule has 0 radical (unpaired) electrons. The second-order valence-corrected chi connectivity index (χ2v) is 6.21. The van der Waals surface area contributed by atoms with E-state index in [1.54, 1.807) is 25.1 Å². The van der Waals surface area contributed by atoms with Crippen LogP contribution < -0.4 is 0 Å². The van der Waals surface area contributed by atoms with Gasteiger partial charge in [-0.25, -0.2) is 0 Å². The molecule has 0 saturated heterocycles. The number of benzene rings is 1. The van der Waals surface area contributed by atoms with E-state index in [0.29, 0.717) is 0 Å². The van der Waals surface area contributed by atoms with Gasteiger partial charge in [-0.15, -0.1) is 11.8 Å². The summed E-state index contributed by atoms with van der Waals surface area (Å²) in [6.45, 7) is 7.33. The second kappa shape index (κ2) is 5.45. The zero-order valence-electron chi connectivity index (χ0n) is 10.6. The van der Waals surface area contributed by atoms with Crippen LogP contribution in [0.4, 0.5) is 0 Å². The van der Waals surface area contributed by atoms with Gasteiger partial charge in [0.15, 0.2) is 0 Å². The number of aromatic hydroxyl groups is 1.